The van der Waals surface area contributed by atoms with Crippen LogP contribution >= 0.6 is 11.8 Å². The molecule has 0 spiro atoms. The third-order valence-corrected chi connectivity index (χ3v) is 5.65. The van der Waals surface area contributed by atoms with E-state index in [2.05, 4.69) is 42.3 Å². The fourth-order valence-corrected chi connectivity index (χ4v) is 4.27. The van der Waals surface area contributed by atoms with Crippen molar-refractivity contribution >= 4 is 11.8 Å². The van der Waals surface area contributed by atoms with Crippen molar-refractivity contribution < 1.29 is 4.74 Å². The Morgan fingerprint density at radius 2 is 2.10 bits per heavy atom. The number of ether oxygens (including phenoxy) is 1. The van der Waals surface area contributed by atoms with Crippen LogP contribution in [-0.2, 0) is 6.42 Å². The molecule has 0 heterocycles. The Morgan fingerprint density at radius 1 is 1.30 bits per heavy atom. The van der Waals surface area contributed by atoms with Crippen molar-refractivity contribution in [2.75, 3.05) is 19.9 Å². The predicted octanol–water partition coefficient (Wildman–Crippen LogP) is 3.89. The average molecular weight is 293 g/mol. The van der Waals surface area contributed by atoms with E-state index in [0.717, 1.165) is 17.4 Å². The summed E-state index contributed by atoms with van der Waals surface area (Å²) in [5, 5.41) is 4.36. The van der Waals surface area contributed by atoms with Crippen LogP contribution in [0.3, 0.4) is 0 Å². The second-order valence-corrected chi connectivity index (χ2v) is 6.97. The molecule has 0 aromatic heterocycles. The number of thioether (sulfide) groups is 1. The minimum absolute atomic E-state index is 0.550. The van der Waals surface area contributed by atoms with Crippen molar-refractivity contribution in [2.24, 2.45) is 0 Å². The van der Waals surface area contributed by atoms with Gasteiger partial charge in [0.05, 0.1) is 7.11 Å². The first kappa shape index (κ1) is 15.7. The molecule has 2 rings (SSSR count). The maximum atomic E-state index is 5.30. The van der Waals surface area contributed by atoms with Crippen LogP contribution in [-0.4, -0.2) is 31.2 Å². The topological polar surface area (TPSA) is 21.3 Å². The molecule has 1 aliphatic carbocycles. The molecule has 1 aliphatic rings. The summed E-state index contributed by atoms with van der Waals surface area (Å²) in [6.07, 6.45) is 8.21. The Morgan fingerprint density at radius 3 is 2.80 bits per heavy atom. The molecule has 0 radical (unpaired) electrons. The van der Waals surface area contributed by atoms with Gasteiger partial charge in [-0.2, -0.15) is 11.8 Å². The van der Waals surface area contributed by atoms with Crippen LogP contribution in [0.5, 0.6) is 5.75 Å². The SMILES string of the molecule is CNC(CSC1CCCCC1)Cc1cccc(OC)c1. The Hall–Kier alpha value is -0.670. The lowest BCUT2D eigenvalue weighted by molar-refractivity contribution is 0.414. The Bertz CT molecular complexity index is 390. The van der Waals surface area contributed by atoms with Crippen LogP contribution in [0.1, 0.15) is 37.7 Å². The van der Waals surface area contributed by atoms with Gasteiger partial charge < -0.3 is 10.1 Å². The minimum Gasteiger partial charge on any atom is -0.497 e. The lowest BCUT2D eigenvalue weighted by atomic mass is 10.0. The highest BCUT2D eigenvalue weighted by atomic mass is 32.2. The highest BCUT2D eigenvalue weighted by molar-refractivity contribution is 7.99. The Labute approximate surface area is 127 Å². The summed E-state index contributed by atoms with van der Waals surface area (Å²) in [6, 6.07) is 8.98. The molecule has 3 heteroatoms. The largest absolute Gasteiger partial charge is 0.497 e. The molecule has 1 N–H and O–H groups in total. The van der Waals surface area contributed by atoms with Crippen LogP contribution in [0.4, 0.5) is 0 Å². The van der Waals surface area contributed by atoms with Crippen molar-refractivity contribution in [2.45, 2.75) is 49.8 Å². The molecule has 0 aliphatic heterocycles. The number of nitrogens with one attached hydrogen (secondary N) is 1. The molecular weight excluding hydrogens is 266 g/mol. The van der Waals surface area contributed by atoms with Crippen LogP contribution in [0.2, 0.25) is 0 Å². The quantitative estimate of drug-likeness (QED) is 0.824. The molecule has 0 saturated heterocycles. The lowest BCUT2D eigenvalue weighted by Crippen LogP contribution is -2.31. The highest BCUT2D eigenvalue weighted by Crippen LogP contribution is 2.29. The van der Waals surface area contributed by atoms with E-state index in [1.54, 1.807) is 7.11 Å². The average Bonchev–Trinajstić information content (AvgIpc) is 2.52. The van der Waals surface area contributed by atoms with Crippen LogP contribution in [0.25, 0.3) is 0 Å². The standard InChI is InChI=1S/C17H27NOS/c1-18-15(13-20-17-9-4-3-5-10-17)11-14-7-6-8-16(12-14)19-2/h6-8,12,15,17-18H,3-5,9-11,13H2,1-2H3. The zero-order valence-electron chi connectivity index (χ0n) is 12.7. The van der Waals surface area contributed by atoms with Gasteiger partial charge in [0.25, 0.3) is 0 Å². The second-order valence-electron chi connectivity index (χ2n) is 5.63. The van der Waals surface area contributed by atoms with Crippen LogP contribution < -0.4 is 10.1 Å². The number of hydrogen-bond donors (Lipinski definition) is 1. The van der Waals surface area contributed by atoms with Gasteiger partial charge in [0.15, 0.2) is 0 Å². The van der Waals surface area contributed by atoms with Gasteiger partial charge in [0, 0.05) is 17.0 Å². The molecule has 1 fully saturated rings. The van der Waals surface area contributed by atoms with Gasteiger partial charge in [-0.1, -0.05) is 31.4 Å². The molecule has 1 aromatic rings. The number of methoxy groups -OCH3 is 1. The summed E-state index contributed by atoms with van der Waals surface area (Å²) in [5.41, 5.74) is 1.35. The number of hydrogen-bond acceptors (Lipinski definition) is 3. The first-order chi connectivity index (χ1) is 9.81. The molecule has 2 nitrogen and oxygen atoms in total. The fourth-order valence-electron chi connectivity index (χ4n) is 2.81. The predicted molar refractivity (Wildman–Crippen MR) is 88.9 cm³/mol. The number of likely N-dealkylation sites (N-methyl/N-ethyl adjacent to an activating group) is 1. The van der Waals surface area contributed by atoms with Gasteiger partial charge in [0.1, 0.15) is 5.75 Å². The first-order valence-corrected chi connectivity index (χ1v) is 8.78. The molecule has 0 bridgehead atoms. The van der Waals surface area contributed by atoms with Crippen molar-refractivity contribution in [1.29, 1.82) is 0 Å². The van der Waals surface area contributed by atoms with Crippen LogP contribution in [0, 0.1) is 0 Å². The zero-order valence-corrected chi connectivity index (χ0v) is 13.5. The van der Waals surface area contributed by atoms with Crippen molar-refractivity contribution in [3.63, 3.8) is 0 Å². The summed E-state index contributed by atoms with van der Waals surface area (Å²) in [6.45, 7) is 0. The molecule has 1 unspecified atom stereocenters. The lowest BCUT2D eigenvalue weighted by Gasteiger charge is -2.24. The van der Waals surface area contributed by atoms with E-state index in [0.29, 0.717) is 6.04 Å². The molecule has 20 heavy (non-hydrogen) atoms. The normalized spacial score (nSPS) is 17.9. The van der Waals surface area contributed by atoms with Gasteiger partial charge in [-0.3, -0.25) is 0 Å². The van der Waals surface area contributed by atoms with Gasteiger partial charge in [-0.25, -0.2) is 0 Å². The summed E-state index contributed by atoms with van der Waals surface area (Å²) >= 11 is 2.17. The van der Waals surface area contributed by atoms with E-state index in [4.69, 9.17) is 4.74 Å². The zero-order chi connectivity index (χ0) is 14.2. The number of rotatable bonds is 7. The molecule has 112 valence electrons. The maximum absolute atomic E-state index is 5.30. The van der Waals surface area contributed by atoms with E-state index in [1.165, 1.54) is 43.4 Å². The monoisotopic (exact) mass is 293 g/mol. The van der Waals surface area contributed by atoms with Crippen molar-refractivity contribution in [3.05, 3.63) is 29.8 Å². The van der Waals surface area contributed by atoms with Gasteiger partial charge >= 0.3 is 0 Å². The molecule has 1 atom stereocenters. The molecule has 1 saturated carbocycles. The first-order valence-electron chi connectivity index (χ1n) is 7.73. The summed E-state index contributed by atoms with van der Waals surface area (Å²) < 4.78 is 5.30. The third kappa shape index (κ3) is 5.02. The van der Waals surface area contributed by atoms with Gasteiger partial charge in [-0.05, 0) is 44.0 Å². The number of benzene rings is 1. The van der Waals surface area contributed by atoms with Crippen LogP contribution in [0.15, 0.2) is 24.3 Å². The van der Waals surface area contributed by atoms with E-state index in [9.17, 15) is 0 Å². The Kier molecular flexibility index (Phi) is 6.74. The van der Waals surface area contributed by atoms with Gasteiger partial charge in [-0.15, -0.1) is 0 Å². The van der Waals surface area contributed by atoms with E-state index >= 15 is 0 Å². The maximum Gasteiger partial charge on any atom is 0.119 e. The van der Waals surface area contributed by atoms with Crippen molar-refractivity contribution in [1.82, 2.24) is 5.32 Å². The molecule has 0 amide bonds. The van der Waals surface area contributed by atoms with E-state index in [-0.39, 0.29) is 0 Å². The second kappa shape index (κ2) is 8.58. The summed E-state index contributed by atoms with van der Waals surface area (Å²) in [4.78, 5) is 0. The summed E-state index contributed by atoms with van der Waals surface area (Å²) in [5.74, 6) is 2.16. The molecular formula is C17H27NOS. The van der Waals surface area contributed by atoms with Crippen molar-refractivity contribution in [3.8, 4) is 5.75 Å². The Balaban J connectivity index is 1.81. The fraction of sp³-hybridized carbons (Fsp3) is 0.647. The smallest absolute Gasteiger partial charge is 0.119 e. The van der Waals surface area contributed by atoms with E-state index < -0.39 is 0 Å². The highest BCUT2D eigenvalue weighted by Gasteiger charge is 2.16. The molecule has 1 aromatic carbocycles. The van der Waals surface area contributed by atoms with E-state index in [1.807, 2.05) is 6.07 Å². The summed E-state index contributed by atoms with van der Waals surface area (Å²) in [7, 11) is 3.81. The third-order valence-electron chi connectivity index (χ3n) is 4.11. The van der Waals surface area contributed by atoms with Gasteiger partial charge in [0.2, 0.25) is 0 Å². The minimum atomic E-state index is 0.550.